The molecule has 0 N–H and O–H groups in total. The van der Waals surface area contributed by atoms with Gasteiger partial charge >= 0.3 is 0 Å². The van der Waals surface area contributed by atoms with Crippen LogP contribution in [0, 0.1) is 5.92 Å². The zero-order valence-corrected chi connectivity index (χ0v) is 10.7. The van der Waals surface area contributed by atoms with Crippen molar-refractivity contribution >= 4 is 16.7 Å². The number of Topliss-reactive ketones (excluding diaryl/α,β-unsaturated/α-hetero) is 1. The molecule has 1 saturated heterocycles. The molecule has 1 nitrogen and oxygen atoms in total. The van der Waals surface area contributed by atoms with Crippen molar-refractivity contribution in [3.63, 3.8) is 0 Å². The zero-order chi connectivity index (χ0) is 10.8. The Labute approximate surface area is 91.0 Å². The average molecular weight is 215 g/mol. The number of hydrogen-bond donors (Lipinski definition) is 0. The van der Waals surface area contributed by atoms with Gasteiger partial charge in [0.15, 0.2) is 10.5 Å². The number of carbonyl (C=O) groups is 1. The Balaban J connectivity index is 2.66. The Morgan fingerprint density at radius 2 is 1.64 bits per heavy atom. The van der Waals surface area contributed by atoms with Gasteiger partial charge < -0.3 is 0 Å². The standard InChI is InChI=1S/C12H23OS/c1-10(2)11(13)12(3,4)14-8-6-5-7-9-14/h10H,5-9H2,1-4H3/q+1. The molecule has 0 spiro atoms. The van der Waals surface area contributed by atoms with Crippen molar-refractivity contribution in [1.82, 2.24) is 0 Å². The van der Waals surface area contributed by atoms with E-state index in [0.29, 0.717) is 16.7 Å². The summed E-state index contributed by atoms with van der Waals surface area (Å²) in [5.41, 5.74) is 0. The van der Waals surface area contributed by atoms with E-state index in [2.05, 4.69) is 13.8 Å². The summed E-state index contributed by atoms with van der Waals surface area (Å²) in [5, 5.41) is 0. The fourth-order valence-corrected chi connectivity index (χ4v) is 5.03. The van der Waals surface area contributed by atoms with Crippen LogP contribution in [0.1, 0.15) is 47.0 Å². The minimum Gasteiger partial charge on any atom is -0.293 e. The summed E-state index contributed by atoms with van der Waals surface area (Å²) in [4.78, 5) is 12.1. The molecule has 1 fully saturated rings. The second-order valence-electron chi connectivity index (χ2n) is 4.99. The van der Waals surface area contributed by atoms with Crippen LogP contribution in [0.25, 0.3) is 0 Å². The van der Waals surface area contributed by atoms with Crippen molar-refractivity contribution in [3.8, 4) is 0 Å². The highest BCUT2D eigenvalue weighted by atomic mass is 32.2. The summed E-state index contributed by atoms with van der Waals surface area (Å²) in [6, 6.07) is 0. The van der Waals surface area contributed by atoms with Crippen LogP contribution in [0.15, 0.2) is 0 Å². The molecular formula is C12H23OS+. The zero-order valence-electron chi connectivity index (χ0n) is 9.93. The van der Waals surface area contributed by atoms with Crippen LogP contribution in [0.4, 0.5) is 0 Å². The van der Waals surface area contributed by atoms with E-state index in [9.17, 15) is 4.79 Å². The normalized spacial score (nSPS) is 20.1. The summed E-state index contributed by atoms with van der Waals surface area (Å²) in [5.74, 6) is 3.22. The summed E-state index contributed by atoms with van der Waals surface area (Å²) >= 11 is 0. The number of rotatable bonds is 3. The monoisotopic (exact) mass is 215 g/mol. The van der Waals surface area contributed by atoms with E-state index in [4.69, 9.17) is 0 Å². The molecule has 1 aliphatic heterocycles. The van der Waals surface area contributed by atoms with Gasteiger partial charge in [-0.25, -0.2) is 0 Å². The molecule has 0 atom stereocenters. The van der Waals surface area contributed by atoms with Crippen molar-refractivity contribution in [1.29, 1.82) is 0 Å². The third-order valence-electron chi connectivity index (χ3n) is 3.12. The molecule has 14 heavy (non-hydrogen) atoms. The second kappa shape index (κ2) is 4.69. The smallest absolute Gasteiger partial charge is 0.189 e. The molecule has 0 bridgehead atoms. The fraction of sp³-hybridized carbons (Fsp3) is 0.917. The van der Waals surface area contributed by atoms with Crippen LogP contribution in [-0.4, -0.2) is 22.0 Å². The van der Waals surface area contributed by atoms with E-state index in [0.717, 1.165) is 0 Å². The van der Waals surface area contributed by atoms with Gasteiger partial charge in [-0.3, -0.25) is 4.79 Å². The van der Waals surface area contributed by atoms with E-state index in [-0.39, 0.29) is 10.7 Å². The highest BCUT2D eigenvalue weighted by molar-refractivity contribution is 7.98. The molecule has 0 aromatic rings. The first kappa shape index (κ1) is 12.1. The van der Waals surface area contributed by atoms with Gasteiger partial charge in [-0.05, 0) is 33.1 Å². The van der Waals surface area contributed by atoms with Crippen LogP contribution in [0.5, 0.6) is 0 Å². The predicted molar refractivity (Wildman–Crippen MR) is 64.9 cm³/mol. The fourth-order valence-electron chi connectivity index (χ4n) is 2.18. The SMILES string of the molecule is CC(C)C(=O)C(C)(C)[S+]1CCCCC1. The summed E-state index contributed by atoms with van der Waals surface area (Å²) in [6.45, 7) is 8.36. The minimum atomic E-state index is -0.0609. The summed E-state index contributed by atoms with van der Waals surface area (Å²) in [6.07, 6.45) is 4.03. The van der Waals surface area contributed by atoms with Gasteiger partial charge in [-0.2, -0.15) is 0 Å². The summed E-state index contributed by atoms with van der Waals surface area (Å²) < 4.78 is -0.0609. The first-order valence-corrected chi connectivity index (χ1v) is 7.24. The maximum Gasteiger partial charge on any atom is 0.189 e. The molecular weight excluding hydrogens is 192 g/mol. The molecule has 0 aliphatic carbocycles. The van der Waals surface area contributed by atoms with Crippen molar-refractivity contribution < 1.29 is 4.79 Å². The number of ketones is 1. The van der Waals surface area contributed by atoms with Crippen molar-refractivity contribution in [2.45, 2.75) is 51.7 Å². The number of hydrogen-bond acceptors (Lipinski definition) is 1. The summed E-state index contributed by atoms with van der Waals surface area (Å²) in [7, 11) is 0.345. The third kappa shape index (κ3) is 2.53. The molecule has 0 radical (unpaired) electrons. The Kier molecular flexibility index (Phi) is 4.05. The van der Waals surface area contributed by atoms with Crippen LogP contribution in [-0.2, 0) is 15.7 Å². The van der Waals surface area contributed by atoms with E-state index in [1.165, 1.54) is 30.8 Å². The highest BCUT2D eigenvalue weighted by Crippen LogP contribution is 2.29. The largest absolute Gasteiger partial charge is 0.293 e. The lowest BCUT2D eigenvalue weighted by Crippen LogP contribution is -2.46. The van der Waals surface area contributed by atoms with Crippen LogP contribution < -0.4 is 0 Å². The molecule has 2 heteroatoms. The predicted octanol–water partition coefficient (Wildman–Crippen LogP) is 2.79. The molecule has 0 amide bonds. The van der Waals surface area contributed by atoms with Gasteiger partial charge in [0, 0.05) is 16.8 Å². The lowest BCUT2D eigenvalue weighted by Gasteiger charge is -2.28. The maximum absolute atomic E-state index is 12.1. The quantitative estimate of drug-likeness (QED) is 0.662. The lowest BCUT2D eigenvalue weighted by molar-refractivity contribution is -0.123. The molecule has 1 heterocycles. The Morgan fingerprint density at radius 1 is 1.14 bits per heavy atom. The Hall–Kier alpha value is 0.0200. The highest BCUT2D eigenvalue weighted by Gasteiger charge is 2.46. The van der Waals surface area contributed by atoms with Gasteiger partial charge in [0.1, 0.15) is 11.5 Å². The van der Waals surface area contributed by atoms with Gasteiger partial charge in [-0.1, -0.05) is 13.8 Å². The number of carbonyl (C=O) groups excluding carboxylic acids is 1. The van der Waals surface area contributed by atoms with Crippen molar-refractivity contribution in [2.24, 2.45) is 5.92 Å². The van der Waals surface area contributed by atoms with E-state index < -0.39 is 0 Å². The van der Waals surface area contributed by atoms with Gasteiger partial charge in [0.25, 0.3) is 0 Å². The first-order valence-electron chi connectivity index (χ1n) is 5.68. The van der Waals surface area contributed by atoms with E-state index in [1.54, 1.807) is 0 Å². The van der Waals surface area contributed by atoms with Crippen LogP contribution >= 0.6 is 0 Å². The van der Waals surface area contributed by atoms with Gasteiger partial charge in [0.2, 0.25) is 0 Å². The molecule has 1 aliphatic rings. The van der Waals surface area contributed by atoms with Crippen molar-refractivity contribution in [3.05, 3.63) is 0 Å². The molecule has 0 aromatic heterocycles. The van der Waals surface area contributed by atoms with Gasteiger partial charge in [-0.15, -0.1) is 0 Å². The topological polar surface area (TPSA) is 17.1 Å². The van der Waals surface area contributed by atoms with Crippen molar-refractivity contribution in [2.75, 3.05) is 11.5 Å². The van der Waals surface area contributed by atoms with Gasteiger partial charge in [0.05, 0.1) is 0 Å². The molecule has 0 aromatic carbocycles. The average Bonchev–Trinajstić information content (AvgIpc) is 2.18. The molecule has 1 rings (SSSR count). The molecule has 82 valence electrons. The maximum atomic E-state index is 12.1. The minimum absolute atomic E-state index is 0.0609. The van der Waals surface area contributed by atoms with E-state index in [1.807, 2.05) is 13.8 Å². The van der Waals surface area contributed by atoms with Crippen LogP contribution in [0.2, 0.25) is 0 Å². The Morgan fingerprint density at radius 3 is 2.07 bits per heavy atom. The second-order valence-corrected chi connectivity index (χ2v) is 7.81. The lowest BCUT2D eigenvalue weighted by atomic mass is 9.98. The third-order valence-corrected chi connectivity index (χ3v) is 6.33. The molecule has 0 unspecified atom stereocenters. The van der Waals surface area contributed by atoms with Crippen LogP contribution in [0.3, 0.4) is 0 Å². The Bertz CT molecular complexity index is 202. The molecule has 0 saturated carbocycles. The van der Waals surface area contributed by atoms with E-state index >= 15 is 0 Å². The first-order chi connectivity index (χ1) is 6.46.